The Morgan fingerprint density at radius 1 is 1.62 bits per heavy atom. The Labute approximate surface area is 150 Å². The van der Waals surface area contributed by atoms with Gasteiger partial charge in [0.05, 0.1) is 12.7 Å². The fourth-order valence-electron chi connectivity index (χ4n) is 2.67. The molecule has 1 saturated heterocycles. The molecule has 1 aliphatic rings. The highest BCUT2D eigenvalue weighted by Gasteiger charge is 2.34. The van der Waals surface area contributed by atoms with E-state index >= 15 is 0 Å². The molecular formula is C15H23N5O2S2. The van der Waals surface area contributed by atoms with Crippen LogP contribution in [-0.2, 0) is 9.53 Å². The van der Waals surface area contributed by atoms with Crippen LogP contribution in [0.1, 0.15) is 31.2 Å². The molecule has 9 heteroatoms. The molecule has 2 heterocycles. The number of likely N-dealkylation sites (tertiary alicyclic amines) is 1. The van der Waals surface area contributed by atoms with Crippen LogP contribution in [0.3, 0.4) is 0 Å². The molecule has 0 aliphatic carbocycles. The van der Waals surface area contributed by atoms with E-state index < -0.39 is 0 Å². The molecule has 1 fully saturated rings. The molecule has 2 rings (SSSR count). The standard InChI is InChI=1S/C15H23N5O2S2/c1-4-5-11(15(21)22-3)12-8-10(19-24-17-2)9-20(12)13(16)14-18-6-7-23-14/h6-7,10,16-17,19H,4-5,8-9H2,1-3H3/b12-11+,16-13?. The molecular weight excluding hydrogens is 346 g/mol. The Balaban J connectivity index is 2.35. The average Bonchev–Trinajstić information content (AvgIpc) is 3.26. The number of methoxy groups -OCH3 is 1. The van der Waals surface area contributed by atoms with Gasteiger partial charge in [0, 0.05) is 48.4 Å². The van der Waals surface area contributed by atoms with Crippen molar-refractivity contribution in [2.45, 2.75) is 32.2 Å². The van der Waals surface area contributed by atoms with Crippen LogP contribution in [0.15, 0.2) is 22.8 Å². The molecule has 0 spiro atoms. The van der Waals surface area contributed by atoms with E-state index in [9.17, 15) is 4.79 Å². The molecule has 7 nitrogen and oxygen atoms in total. The number of amidine groups is 1. The van der Waals surface area contributed by atoms with Gasteiger partial charge in [0.1, 0.15) is 0 Å². The number of carbonyl (C=O) groups excluding carboxylic acids is 1. The maximum Gasteiger partial charge on any atom is 0.335 e. The molecule has 0 radical (unpaired) electrons. The maximum absolute atomic E-state index is 12.2. The van der Waals surface area contributed by atoms with Gasteiger partial charge in [-0.3, -0.25) is 10.1 Å². The second-order valence-corrected chi connectivity index (χ2v) is 7.03. The topological polar surface area (TPSA) is 90.3 Å². The lowest BCUT2D eigenvalue weighted by molar-refractivity contribution is -0.136. The minimum atomic E-state index is -0.314. The third-order valence-corrected chi connectivity index (χ3v) is 5.12. The van der Waals surface area contributed by atoms with Crippen molar-refractivity contribution >= 4 is 35.3 Å². The summed E-state index contributed by atoms with van der Waals surface area (Å²) in [7, 11) is 3.24. The first-order chi connectivity index (χ1) is 11.6. The zero-order chi connectivity index (χ0) is 17.5. The van der Waals surface area contributed by atoms with E-state index in [2.05, 4.69) is 14.4 Å². The third-order valence-electron chi connectivity index (χ3n) is 3.68. The number of esters is 1. The van der Waals surface area contributed by atoms with Crippen LogP contribution < -0.4 is 9.44 Å². The lowest BCUT2D eigenvalue weighted by atomic mass is 10.1. The molecule has 1 aromatic rings. The predicted octanol–water partition coefficient (Wildman–Crippen LogP) is 2.14. The van der Waals surface area contributed by atoms with Crippen molar-refractivity contribution in [1.82, 2.24) is 19.3 Å². The van der Waals surface area contributed by atoms with Crippen molar-refractivity contribution in [3.63, 3.8) is 0 Å². The Morgan fingerprint density at radius 2 is 2.42 bits per heavy atom. The Bertz CT molecular complexity index is 603. The van der Waals surface area contributed by atoms with Crippen molar-refractivity contribution in [2.75, 3.05) is 20.7 Å². The van der Waals surface area contributed by atoms with Crippen molar-refractivity contribution in [2.24, 2.45) is 0 Å². The van der Waals surface area contributed by atoms with Gasteiger partial charge in [0.2, 0.25) is 0 Å². The first-order valence-corrected chi connectivity index (χ1v) is 9.46. The molecule has 3 N–H and O–H groups in total. The van der Waals surface area contributed by atoms with Crippen molar-refractivity contribution < 1.29 is 9.53 Å². The van der Waals surface area contributed by atoms with Gasteiger partial charge in [-0.15, -0.1) is 11.3 Å². The highest BCUT2D eigenvalue weighted by molar-refractivity contribution is 7.95. The number of rotatable bonds is 7. The van der Waals surface area contributed by atoms with Gasteiger partial charge in [-0.25, -0.2) is 14.5 Å². The van der Waals surface area contributed by atoms with Crippen LogP contribution >= 0.6 is 23.5 Å². The third kappa shape index (κ3) is 4.35. The summed E-state index contributed by atoms with van der Waals surface area (Å²) >= 11 is 2.83. The van der Waals surface area contributed by atoms with Crippen LogP contribution in [-0.4, -0.2) is 48.4 Å². The van der Waals surface area contributed by atoms with Crippen molar-refractivity contribution in [1.29, 1.82) is 5.41 Å². The quantitative estimate of drug-likeness (QED) is 0.223. The number of carbonyl (C=O) groups is 1. The van der Waals surface area contributed by atoms with Gasteiger partial charge in [0.25, 0.3) is 0 Å². The second-order valence-electron chi connectivity index (χ2n) is 5.29. The van der Waals surface area contributed by atoms with Crippen molar-refractivity contribution in [3.8, 4) is 0 Å². The lowest BCUT2D eigenvalue weighted by Gasteiger charge is -2.22. The highest BCUT2D eigenvalue weighted by atomic mass is 32.2. The van der Waals surface area contributed by atoms with Crippen LogP contribution in [0.4, 0.5) is 0 Å². The molecule has 0 aromatic carbocycles. The number of ether oxygens (including phenoxy) is 1. The average molecular weight is 370 g/mol. The first kappa shape index (κ1) is 18.9. The normalized spacial score (nSPS) is 19.5. The monoisotopic (exact) mass is 369 g/mol. The molecule has 1 unspecified atom stereocenters. The highest BCUT2D eigenvalue weighted by Crippen LogP contribution is 2.30. The minimum Gasteiger partial charge on any atom is -0.466 e. The summed E-state index contributed by atoms with van der Waals surface area (Å²) in [5.74, 6) is 0.0157. The molecule has 1 atom stereocenters. The summed E-state index contributed by atoms with van der Waals surface area (Å²) in [6.07, 6.45) is 3.84. The van der Waals surface area contributed by atoms with Crippen LogP contribution in [0.2, 0.25) is 0 Å². The lowest BCUT2D eigenvalue weighted by Crippen LogP contribution is -2.33. The van der Waals surface area contributed by atoms with E-state index in [0.29, 0.717) is 35.8 Å². The summed E-state index contributed by atoms with van der Waals surface area (Å²) in [4.78, 5) is 18.3. The molecule has 1 aliphatic heterocycles. The number of nitrogens with zero attached hydrogens (tertiary/aromatic N) is 2. The van der Waals surface area contributed by atoms with Crippen LogP contribution in [0.25, 0.3) is 0 Å². The van der Waals surface area contributed by atoms with E-state index in [1.54, 1.807) is 6.20 Å². The molecule has 0 saturated carbocycles. The molecule has 0 amide bonds. The van der Waals surface area contributed by atoms with Gasteiger partial charge >= 0.3 is 5.97 Å². The smallest absolute Gasteiger partial charge is 0.335 e. The first-order valence-electron chi connectivity index (χ1n) is 7.76. The van der Waals surface area contributed by atoms with Gasteiger partial charge in [-0.05, 0) is 13.5 Å². The predicted molar refractivity (Wildman–Crippen MR) is 97.8 cm³/mol. The number of hydrogen-bond donors (Lipinski definition) is 3. The summed E-state index contributed by atoms with van der Waals surface area (Å²) < 4.78 is 11.3. The largest absolute Gasteiger partial charge is 0.466 e. The zero-order valence-corrected chi connectivity index (χ0v) is 15.7. The Morgan fingerprint density at radius 3 is 3.00 bits per heavy atom. The van der Waals surface area contributed by atoms with Gasteiger partial charge in [0.15, 0.2) is 10.8 Å². The number of nitrogens with one attached hydrogen (secondary N) is 3. The summed E-state index contributed by atoms with van der Waals surface area (Å²) in [6.45, 7) is 2.65. The maximum atomic E-state index is 12.2. The SMILES string of the molecule is CCC/C(C(=O)OC)=C1/CC(NSNC)CN1C(=N)c1nccs1. The number of aromatic nitrogens is 1. The summed E-state index contributed by atoms with van der Waals surface area (Å²) in [6, 6.07) is 0.134. The Hall–Kier alpha value is -1.42. The van der Waals surface area contributed by atoms with E-state index in [1.807, 2.05) is 24.3 Å². The van der Waals surface area contributed by atoms with Gasteiger partial charge < -0.3 is 9.64 Å². The molecule has 1 aromatic heterocycles. The van der Waals surface area contributed by atoms with Crippen molar-refractivity contribution in [3.05, 3.63) is 27.9 Å². The fourth-order valence-corrected chi connectivity index (χ4v) is 3.70. The zero-order valence-electron chi connectivity index (χ0n) is 14.1. The summed E-state index contributed by atoms with van der Waals surface area (Å²) in [5.41, 5.74) is 1.51. The van der Waals surface area contributed by atoms with Gasteiger partial charge in [-0.2, -0.15) is 0 Å². The van der Waals surface area contributed by atoms with E-state index in [1.165, 1.54) is 30.6 Å². The van der Waals surface area contributed by atoms with Gasteiger partial charge in [-0.1, -0.05) is 13.3 Å². The van der Waals surface area contributed by atoms with E-state index in [0.717, 1.165) is 12.1 Å². The number of hydrogen-bond acceptors (Lipinski definition) is 8. The van der Waals surface area contributed by atoms with Crippen LogP contribution in [0, 0.1) is 5.41 Å². The van der Waals surface area contributed by atoms with E-state index in [4.69, 9.17) is 10.1 Å². The molecule has 132 valence electrons. The van der Waals surface area contributed by atoms with E-state index in [-0.39, 0.29) is 12.0 Å². The summed E-state index contributed by atoms with van der Waals surface area (Å²) in [5, 5.41) is 11.0. The minimum absolute atomic E-state index is 0.134. The Kier molecular flexibility index (Phi) is 7.22. The molecule has 24 heavy (non-hydrogen) atoms. The fraction of sp³-hybridized carbons (Fsp3) is 0.533. The number of thiazole rings is 1. The second kappa shape index (κ2) is 9.16. The molecule has 0 bridgehead atoms. The van der Waals surface area contributed by atoms with Crippen LogP contribution in [0.5, 0.6) is 0 Å².